The monoisotopic (exact) mass is 311 g/mol. The molecule has 114 valence electrons. The summed E-state index contributed by atoms with van der Waals surface area (Å²) in [6, 6.07) is 13.7. The lowest BCUT2D eigenvalue weighted by Crippen LogP contribution is -2.06. The highest BCUT2D eigenvalue weighted by atomic mass is 35.5. The van der Waals surface area contributed by atoms with Crippen LogP contribution in [0.15, 0.2) is 48.5 Å². The largest absolute Gasteiger partial charge is 0.494 e. The number of ether oxygens (including phenoxy) is 2. The Morgan fingerprint density at radius 1 is 0.952 bits per heavy atom. The molecule has 0 unspecified atom stereocenters. The molecule has 2 aromatic carbocycles. The highest BCUT2D eigenvalue weighted by Crippen LogP contribution is 2.19. The van der Waals surface area contributed by atoms with Crippen LogP contribution in [0, 0.1) is 5.82 Å². The van der Waals surface area contributed by atoms with Gasteiger partial charge in [0.25, 0.3) is 0 Å². The Labute approximate surface area is 130 Å². The van der Waals surface area contributed by atoms with Crippen molar-refractivity contribution in [1.82, 2.24) is 0 Å². The minimum Gasteiger partial charge on any atom is -0.494 e. The Kier molecular flexibility index (Phi) is 7.58. The van der Waals surface area contributed by atoms with Crippen molar-refractivity contribution in [1.29, 1.82) is 0 Å². The molecule has 21 heavy (non-hydrogen) atoms. The fourth-order valence-corrected chi connectivity index (χ4v) is 1.70. The highest BCUT2D eigenvalue weighted by molar-refractivity contribution is 5.85. The van der Waals surface area contributed by atoms with Crippen LogP contribution in [0.3, 0.4) is 0 Å². The van der Waals surface area contributed by atoms with E-state index in [0.29, 0.717) is 19.8 Å². The van der Waals surface area contributed by atoms with Crippen LogP contribution in [0.4, 0.5) is 4.39 Å². The average Bonchev–Trinajstić information content (AvgIpc) is 2.47. The van der Waals surface area contributed by atoms with Crippen molar-refractivity contribution >= 4 is 12.4 Å². The first-order valence-corrected chi connectivity index (χ1v) is 6.58. The van der Waals surface area contributed by atoms with E-state index in [4.69, 9.17) is 15.2 Å². The zero-order valence-corrected chi connectivity index (χ0v) is 12.4. The van der Waals surface area contributed by atoms with Gasteiger partial charge in [-0.3, -0.25) is 0 Å². The van der Waals surface area contributed by atoms with Crippen molar-refractivity contribution in [3.05, 3.63) is 59.9 Å². The normalized spacial score (nSPS) is 9.81. The van der Waals surface area contributed by atoms with Crippen molar-refractivity contribution in [2.45, 2.75) is 13.0 Å². The van der Waals surface area contributed by atoms with Crippen LogP contribution in [0.1, 0.15) is 12.0 Å². The first-order valence-electron chi connectivity index (χ1n) is 6.58. The molecule has 0 amide bonds. The Hall–Kier alpha value is -1.78. The van der Waals surface area contributed by atoms with E-state index < -0.39 is 0 Å². The van der Waals surface area contributed by atoms with E-state index in [0.717, 1.165) is 23.5 Å². The smallest absolute Gasteiger partial charge is 0.123 e. The lowest BCUT2D eigenvalue weighted by atomic mass is 10.2. The lowest BCUT2D eigenvalue weighted by molar-refractivity contribution is 0.300. The molecule has 0 fully saturated rings. The third-order valence-corrected chi connectivity index (χ3v) is 2.74. The molecule has 0 bridgehead atoms. The van der Waals surface area contributed by atoms with Crippen LogP contribution in [0.5, 0.6) is 11.5 Å². The van der Waals surface area contributed by atoms with Gasteiger partial charge in [-0.15, -0.1) is 12.4 Å². The van der Waals surface area contributed by atoms with Crippen molar-refractivity contribution in [3.63, 3.8) is 0 Å². The Morgan fingerprint density at radius 2 is 1.62 bits per heavy atom. The molecular formula is C16H19ClFNO2. The summed E-state index contributed by atoms with van der Waals surface area (Å²) >= 11 is 0. The highest BCUT2D eigenvalue weighted by Gasteiger charge is 1.99. The Bertz CT molecular complexity index is 534. The van der Waals surface area contributed by atoms with Crippen LogP contribution >= 0.6 is 12.4 Å². The number of hydrogen-bond donors (Lipinski definition) is 1. The Morgan fingerprint density at radius 3 is 2.24 bits per heavy atom. The maximum Gasteiger partial charge on any atom is 0.123 e. The van der Waals surface area contributed by atoms with E-state index in [-0.39, 0.29) is 18.2 Å². The molecule has 0 atom stereocenters. The van der Waals surface area contributed by atoms with E-state index in [1.165, 1.54) is 12.1 Å². The van der Waals surface area contributed by atoms with E-state index in [2.05, 4.69) is 0 Å². The van der Waals surface area contributed by atoms with E-state index in [9.17, 15) is 4.39 Å². The molecule has 0 aliphatic rings. The summed E-state index contributed by atoms with van der Waals surface area (Å²) in [6.07, 6.45) is 0.831. The summed E-state index contributed by atoms with van der Waals surface area (Å²) < 4.78 is 24.1. The predicted octanol–water partition coefficient (Wildman–Crippen LogP) is 3.55. The van der Waals surface area contributed by atoms with Gasteiger partial charge in [0.2, 0.25) is 0 Å². The van der Waals surface area contributed by atoms with Gasteiger partial charge in [-0.1, -0.05) is 12.1 Å². The second kappa shape index (κ2) is 9.21. The molecule has 2 aromatic rings. The van der Waals surface area contributed by atoms with Gasteiger partial charge in [0.15, 0.2) is 0 Å². The SMILES string of the molecule is Cl.NCCCOc1ccc(OCc2cccc(F)c2)cc1. The molecule has 2 N–H and O–H groups in total. The summed E-state index contributed by atoms with van der Waals surface area (Å²) in [7, 11) is 0. The number of rotatable bonds is 7. The lowest BCUT2D eigenvalue weighted by Gasteiger charge is -2.08. The summed E-state index contributed by atoms with van der Waals surface area (Å²) in [4.78, 5) is 0. The molecular weight excluding hydrogens is 293 g/mol. The standard InChI is InChI=1S/C16H18FNO2.ClH/c17-14-4-1-3-13(11-14)12-20-16-7-5-15(6-8-16)19-10-2-9-18;/h1,3-8,11H,2,9-10,12,18H2;1H. The zero-order chi connectivity index (χ0) is 14.2. The Balaban J connectivity index is 0.00000220. The van der Waals surface area contributed by atoms with Crippen LogP contribution in [-0.2, 0) is 6.61 Å². The summed E-state index contributed by atoms with van der Waals surface area (Å²) in [6.45, 7) is 1.57. The van der Waals surface area contributed by atoms with Gasteiger partial charge >= 0.3 is 0 Å². The summed E-state index contributed by atoms with van der Waals surface area (Å²) in [5, 5.41) is 0. The van der Waals surface area contributed by atoms with Gasteiger partial charge in [0.05, 0.1) is 6.61 Å². The topological polar surface area (TPSA) is 44.5 Å². The minimum absolute atomic E-state index is 0. The molecule has 5 heteroatoms. The zero-order valence-electron chi connectivity index (χ0n) is 11.6. The van der Waals surface area contributed by atoms with Crippen molar-refractivity contribution in [2.24, 2.45) is 5.73 Å². The number of nitrogens with two attached hydrogens (primary N) is 1. The number of hydrogen-bond acceptors (Lipinski definition) is 3. The fourth-order valence-electron chi connectivity index (χ4n) is 1.70. The maximum atomic E-state index is 13.0. The molecule has 3 nitrogen and oxygen atoms in total. The van der Waals surface area contributed by atoms with E-state index in [1.54, 1.807) is 6.07 Å². The quantitative estimate of drug-likeness (QED) is 0.795. The van der Waals surface area contributed by atoms with Crippen molar-refractivity contribution in [3.8, 4) is 11.5 Å². The number of benzene rings is 2. The molecule has 0 heterocycles. The van der Waals surface area contributed by atoms with Crippen LogP contribution in [-0.4, -0.2) is 13.2 Å². The van der Waals surface area contributed by atoms with Gasteiger partial charge < -0.3 is 15.2 Å². The average molecular weight is 312 g/mol. The molecule has 0 spiro atoms. The van der Waals surface area contributed by atoms with Gasteiger partial charge in [-0.25, -0.2) is 4.39 Å². The molecule has 0 radical (unpaired) electrons. The molecule has 0 aliphatic heterocycles. The summed E-state index contributed by atoms with van der Waals surface area (Å²) in [5.41, 5.74) is 6.19. The second-order valence-electron chi connectivity index (χ2n) is 4.38. The van der Waals surface area contributed by atoms with E-state index >= 15 is 0 Å². The third-order valence-electron chi connectivity index (χ3n) is 2.74. The van der Waals surface area contributed by atoms with Gasteiger partial charge in [-0.2, -0.15) is 0 Å². The van der Waals surface area contributed by atoms with Crippen molar-refractivity contribution < 1.29 is 13.9 Å². The molecule has 0 aliphatic carbocycles. The molecule has 0 aromatic heterocycles. The van der Waals surface area contributed by atoms with Crippen LogP contribution < -0.4 is 15.2 Å². The maximum absolute atomic E-state index is 13.0. The van der Waals surface area contributed by atoms with Crippen LogP contribution in [0.2, 0.25) is 0 Å². The number of halogens is 2. The minimum atomic E-state index is -0.255. The molecule has 0 saturated heterocycles. The first-order chi connectivity index (χ1) is 9.78. The predicted molar refractivity (Wildman–Crippen MR) is 83.6 cm³/mol. The third kappa shape index (κ3) is 6.02. The first kappa shape index (κ1) is 17.3. The van der Waals surface area contributed by atoms with Crippen LogP contribution in [0.25, 0.3) is 0 Å². The van der Waals surface area contributed by atoms with Gasteiger partial charge in [0.1, 0.15) is 23.9 Å². The van der Waals surface area contributed by atoms with Gasteiger partial charge in [-0.05, 0) is 54.9 Å². The molecule has 2 rings (SSSR count). The second-order valence-corrected chi connectivity index (χ2v) is 4.38. The summed E-state index contributed by atoms with van der Waals surface area (Å²) in [5.74, 6) is 1.26. The molecule has 0 saturated carbocycles. The fraction of sp³-hybridized carbons (Fsp3) is 0.250. The van der Waals surface area contributed by atoms with Crippen molar-refractivity contribution in [2.75, 3.05) is 13.2 Å². The van der Waals surface area contributed by atoms with Gasteiger partial charge in [0, 0.05) is 0 Å². The van der Waals surface area contributed by atoms with E-state index in [1.807, 2.05) is 30.3 Å².